The van der Waals surface area contributed by atoms with Crippen LogP contribution in [0.25, 0.3) is 0 Å². The lowest BCUT2D eigenvalue weighted by atomic mass is 10.1. The van der Waals surface area contributed by atoms with Crippen LogP contribution in [-0.2, 0) is 14.8 Å². The zero-order valence-corrected chi connectivity index (χ0v) is 18.3. The summed E-state index contributed by atoms with van der Waals surface area (Å²) in [6.07, 6.45) is 0.826. The van der Waals surface area contributed by atoms with Gasteiger partial charge in [0.2, 0.25) is 5.91 Å². The monoisotopic (exact) mass is 422 g/mol. The third-order valence-electron chi connectivity index (χ3n) is 4.38. The summed E-state index contributed by atoms with van der Waals surface area (Å²) in [6, 6.07) is 11.6. The van der Waals surface area contributed by atoms with Crippen LogP contribution in [0, 0.1) is 19.8 Å². The van der Waals surface area contributed by atoms with Crippen LogP contribution >= 0.6 is 11.6 Å². The molecule has 0 saturated carbocycles. The van der Waals surface area contributed by atoms with Crippen LogP contribution < -0.4 is 9.62 Å². The maximum atomic E-state index is 13.3. The molecule has 28 heavy (non-hydrogen) atoms. The maximum Gasteiger partial charge on any atom is 0.264 e. The van der Waals surface area contributed by atoms with Gasteiger partial charge in [0.1, 0.15) is 6.54 Å². The number of aryl methyl sites for hydroxylation is 2. The summed E-state index contributed by atoms with van der Waals surface area (Å²) in [6.45, 7) is 8.00. The van der Waals surface area contributed by atoms with E-state index in [0.29, 0.717) is 23.2 Å². The number of hydrogen-bond donors (Lipinski definition) is 1. The first kappa shape index (κ1) is 22.2. The largest absolute Gasteiger partial charge is 0.355 e. The van der Waals surface area contributed by atoms with Crippen LogP contribution in [0.1, 0.15) is 31.4 Å². The first-order valence-electron chi connectivity index (χ1n) is 9.23. The van der Waals surface area contributed by atoms with E-state index in [1.807, 2.05) is 6.92 Å². The molecule has 0 aliphatic heterocycles. The van der Waals surface area contributed by atoms with Crippen LogP contribution in [0.5, 0.6) is 0 Å². The Hall–Kier alpha value is -2.05. The van der Waals surface area contributed by atoms with Crippen molar-refractivity contribution >= 4 is 33.2 Å². The van der Waals surface area contributed by atoms with Crippen molar-refractivity contribution in [2.45, 2.75) is 39.0 Å². The molecular weight excluding hydrogens is 396 g/mol. The molecule has 0 radical (unpaired) electrons. The highest BCUT2D eigenvalue weighted by atomic mass is 35.5. The van der Waals surface area contributed by atoms with Crippen LogP contribution in [0.4, 0.5) is 5.69 Å². The molecule has 152 valence electrons. The van der Waals surface area contributed by atoms with E-state index < -0.39 is 10.0 Å². The lowest BCUT2D eigenvalue weighted by Gasteiger charge is -2.26. The topological polar surface area (TPSA) is 66.5 Å². The van der Waals surface area contributed by atoms with E-state index in [2.05, 4.69) is 19.2 Å². The van der Waals surface area contributed by atoms with Gasteiger partial charge in [0.15, 0.2) is 0 Å². The Morgan fingerprint density at radius 1 is 1.11 bits per heavy atom. The number of anilines is 1. The minimum Gasteiger partial charge on any atom is -0.355 e. The van der Waals surface area contributed by atoms with Crippen molar-refractivity contribution in [3.8, 4) is 0 Å². The molecule has 1 N–H and O–H groups in total. The minimum atomic E-state index is -3.93. The van der Waals surface area contributed by atoms with Crippen molar-refractivity contribution in [3.63, 3.8) is 0 Å². The highest BCUT2D eigenvalue weighted by molar-refractivity contribution is 7.92. The molecule has 0 fully saturated rings. The number of benzene rings is 2. The lowest BCUT2D eigenvalue weighted by Crippen LogP contribution is -2.41. The summed E-state index contributed by atoms with van der Waals surface area (Å²) >= 11 is 6.11. The SMILES string of the molecule is Cc1ccc(S(=O)(=O)N(CC(=O)NCCC(C)C)c2cc(Cl)ccc2C)cc1. The van der Waals surface area contributed by atoms with E-state index in [0.717, 1.165) is 21.9 Å². The molecule has 0 aromatic heterocycles. The number of hydrogen-bond acceptors (Lipinski definition) is 3. The van der Waals surface area contributed by atoms with E-state index in [1.165, 1.54) is 0 Å². The first-order valence-corrected chi connectivity index (χ1v) is 11.1. The second kappa shape index (κ2) is 9.43. The van der Waals surface area contributed by atoms with E-state index in [-0.39, 0.29) is 17.3 Å². The molecule has 2 aromatic rings. The fraction of sp³-hybridized carbons (Fsp3) is 0.381. The summed E-state index contributed by atoms with van der Waals surface area (Å²) in [5, 5.41) is 3.21. The Morgan fingerprint density at radius 3 is 2.36 bits per heavy atom. The molecule has 0 spiro atoms. The molecule has 7 heteroatoms. The predicted molar refractivity (Wildman–Crippen MR) is 114 cm³/mol. The Kier molecular flexibility index (Phi) is 7.49. The number of amides is 1. The fourth-order valence-electron chi connectivity index (χ4n) is 2.67. The highest BCUT2D eigenvalue weighted by Gasteiger charge is 2.28. The molecule has 0 bridgehead atoms. The molecule has 0 saturated heterocycles. The summed E-state index contributed by atoms with van der Waals surface area (Å²) in [4.78, 5) is 12.6. The summed E-state index contributed by atoms with van der Waals surface area (Å²) in [7, 11) is -3.93. The van der Waals surface area contributed by atoms with E-state index in [9.17, 15) is 13.2 Å². The molecule has 2 aromatic carbocycles. The van der Waals surface area contributed by atoms with Crippen LogP contribution in [0.2, 0.25) is 5.02 Å². The second-order valence-electron chi connectivity index (χ2n) is 7.29. The van der Waals surface area contributed by atoms with Crippen molar-refractivity contribution in [2.24, 2.45) is 5.92 Å². The molecule has 0 aliphatic carbocycles. The zero-order chi connectivity index (χ0) is 20.9. The quantitative estimate of drug-likeness (QED) is 0.689. The average molecular weight is 423 g/mol. The Labute approximate surface area is 172 Å². The zero-order valence-electron chi connectivity index (χ0n) is 16.7. The third-order valence-corrected chi connectivity index (χ3v) is 6.39. The molecule has 2 rings (SSSR count). The molecule has 0 unspecified atom stereocenters. The number of carbonyl (C=O) groups excluding carboxylic acids is 1. The number of nitrogens with zero attached hydrogens (tertiary/aromatic N) is 1. The lowest BCUT2D eigenvalue weighted by molar-refractivity contribution is -0.119. The number of sulfonamides is 1. The van der Waals surface area contributed by atoms with Crippen LogP contribution in [-0.4, -0.2) is 27.4 Å². The first-order chi connectivity index (χ1) is 13.1. The normalized spacial score (nSPS) is 11.5. The number of nitrogens with one attached hydrogen (secondary N) is 1. The molecule has 0 atom stereocenters. The minimum absolute atomic E-state index is 0.132. The van der Waals surface area contributed by atoms with Gasteiger partial charge >= 0.3 is 0 Å². The Bertz CT molecular complexity index is 925. The Morgan fingerprint density at radius 2 is 1.75 bits per heavy atom. The van der Waals surface area contributed by atoms with Gasteiger partial charge in [0, 0.05) is 11.6 Å². The molecule has 0 heterocycles. The third kappa shape index (κ3) is 5.72. The maximum absolute atomic E-state index is 13.3. The Balaban J connectivity index is 2.40. The van der Waals surface area contributed by atoms with Crippen molar-refractivity contribution in [1.29, 1.82) is 0 Å². The number of rotatable bonds is 8. The molecule has 5 nitrogen and oxygen atoms in total. The van der Waals surface area contributed by atoms with Gasteiger partial charge in [-0.15, -0.1) is 0 Å². The van der Waals surface area contributed by atoms with Gasteiger partial charge in [-0.3, -0.25) is 9.10 Å². The average Bonchev–Trinajstić information content (AvgIpc) is 2.62. The van der Waals surface area contributed by atoms with Crippen LogP contribution in [0.15, 0.2) is 47.4 Å². The van der Waals surface area contributed by atoms with E-state index in [4.69, 9.17) is 11.6 Å². The van der Waals surface area contributed by atoms with Gasteiger partial charge in [-0.05, 0) is 56.0 Å². The molecule has 0 aliphatic rings. The van der Waals surface area contributed by atoms with Gasteiger partial charge in [-0.25, -0.2) is 8.42 Å². The van der Waals surface area contributed by atoms with Gasteiger partial charge in [0.25, 0.3) is 10.0 Å². The smallest absolute Gasteiger partial charge is 0.264 e. The van der Waals surface area contributed by atoms with Crippen molar-refractivity contribution in [1.82, 2.24) is 5.32 Å². The van der Waals surface area contributed by atoms with Crippen molar-refractivity contribution < 1.29 is 13.2 Å². The summed E-state index contributed by atoms with van der Waals surface area (Å²) < 4.78 is 27.8. The van der Waals surface area contributed by atoms with Crippen molar-refractivity contribution in [2.75, 3.05) is 17.4 Å². The standard InChI is InChI=1S/C21H27ClN2O3S/c1-15(2)11-12-23-21(25)14-24(20-13-18(22)8-7-17(20)4)28(26,27)19-9-5-16(3)6-10-19/h5-10,13,15H,11-12,14H2,1-4H3,(H,23,25). The van der Waals surface area contributed by atoms with E-state index in [1.54, 1.807) is 49.4 Å². The van der Waals surface area contributed by atoms with Gasteiger partial charge in [-0.1, -0.05) is 49.2 Å². The number of halogens is 1. The summed E-state index contributed by atoms with van der Waals surface area (Å²) in [5.74, 6) is 0.0959. The predicted octanol–water partition coefficient (Wildman–Crippen LogP) is 4.31. The second-order valence-corrected chi connectivity index (χ2v) is 9.59. The van der Waals surface area contributed by atoms with Gasteiger partial charge in [0.05, 0.1) is 10.6 Å². The van der Waals surface area contributed by atoms with Gasteiger partial charge in [-0.2, -0.15) is 0 Å². The number of carbonyl (C=O) groups is 1. The molecular formula is C21H27ClN2O3S. The highest BCUT2D eigenvalue weighted by Crippen LogP contribution is 2.29. The fourth-order valence-corrected chi connectivity index (χ4v) is 4.32. The van der Waals surface area contributed by atoms with Crippen LogP contribution in [0.3, 0.4) is 0 Å². The van der Waals surface area contributed by atoms with Gasteiger partial charge < -0.3 is 5.32 Å². The summed E-state index contributed by atoms with van der Waals surface area (Å²) in [5.41, 5.74) is 2.07. The molecule has 1 amide bonds. The van der Waals surface area contributed by atoms with E-state index >= 15 is 0 Å². The van der Waals surface area contributed by atoms with Crippen molar-refractivity contribution in [3.05, 3.63) is 58.6 Å².